The molecular formula is C21H19F2N3O4. The summed E-state index contributed by atoms with van der Waals surface area (Å²) < 4.78 is 34.0. The second-order valence-electron chi connectivity index (χ2n) is 6.15. The van der Waals surface area contributed by atoms with Gasteiger partial charge in [-0.2, -0.15) is 8.78 Å². The van der Waals surface area contributed by atoms with Gasteiger partial charge in [0.15, 0.2) is 5.76 Å². The Morgan fingerprint density at radius 1 is 0.900 bits per heavy atom. The molecule has 0 saturated carbocycles. The number of hydrogen-bond donors (Lipinski definition) is 3. The van der Waals surface area contributed by atoms with E-state index in [0.717, 1.165) is 11.1 Å². The average molecular weight is 415 g/mol. The summed E-state index contributed by atoms with van der Waals surface area (Å²) in [7, 11) is 0. The van der Waals surface area contributed by atoms with Crippen LogP contribution in [0.4, 0.5) is 8.78 Å². The molecule has 0 fully saturated rings. The minimum Gasteiger partial charge on any atom is -0.459 e. The Balaban J connectivity index is 1.63. The SMILES string of the molecule is O=C(CN[C@H](c1ccccc1)c1ccc(OC(F)F)cc1)NNC(=O)c1ccco1. The Morgan fingerprint density at radius 3 is 2.23 bits per heavy atom. The van der Waals surface area contributed by atoms with Gasteiger partial charge in [0, 0.05) is 0 Å². The maximum absolute atomic E-state index is 12.4. The fraction of sp³-hybridized carbons (Fsp3) is 0.143. The average Bonchev–Trinajstić information content (AvgIpc) is 3.29. The van der Waals surface area contributed by atoms with Crippen molar-refractivity contribution in [1.29, 1.82) is 0 Å². The third-order valence-electron chi connectivity index (χ3n) is 4.10. The number of benzene rings is 2. The van der Waals surface area contributed by atoms with Crippen molar-refractivity contribution in [3.8, 4) is 5.75 Å². The molecule has 156 valence electrons. The Bertz CT molecular complexity index is 948. The normalized spacial score (nSPS) is 11.7. The second-order valence-corrected chi connectivity index (χ2v) is 6.15. The van der Waals surface area contributed by atoms with Gasteiger partial charge in [-0.05, 0) is 35.4 Å². The molecule has 0 spiro atoms. The molecule has 1 heterocycles. The highest BCUT2D eigenvalue weighted by atomic mass is 19.3. The van der Waals surface area contributed by atoms with Crippen molar-refractivity contribution in [2.75, 3.05) is 6.54 Å². The molecule has 1 aromatic heterocycles. The number of amides is 2. The molecule has 3 rings (SSSR count). The van der Waals surface area contributed by atoms with Crippen LogP contribution in [0, 0.1) is 0 Å². The maximum Gasteiger partial charge on any atom is 0.387 e. The summed E-state index contributed by atoms with van der Waals surface area (Å²) in [5.74, 6) is -0.952. The number of alkyl halides is 2. The summed E-state index contributed by atoms with van der Waals surface area (Å²) in [5.41, 5.74) is 6.16. The Labute approximate surface area is 171 Å². The van der Waals surface area contributed by atoms with Crippen LogP contribution in [0.25, 0.3) is 0 Å². The van der Waals surface area contributed by atoms with Gasteiger partial charge in [0.25, 0.3) is 5.91 Å². The number of nitrogens with one attached hydrogen (secondary N) is 3. The number of carbonyl (C=O) groups excluding carboxylic acids is 2. The predicted octanol–water partition coefficient (Wildman–Crippen LogP) is 3.02. The van der Waals surface area contributed by atoms with Crippen LogP contribution in [0.2, 0.25) is 0 Å². The standard InChI is InChI=1S/C21H19F2N3O4/c22-21(23)30-16-10-8-15(9-11-16)19(14-5-2-1-3-6-14)24-13-18(27)25-26-20(28)17-7-4-12-29-17/h1-12,19,21,24H,13H2,(H,25,27)(H,26,28)/t19-/m1/s1. The third kappa shape index (κ3) is 5.89. The van der Waals surface area contributed by atoms with E-state index in [4.69, 9.17) is 4.42 Å². The Hall–Kier alpha value is -3.72. The highest BCUT2D eigenvalue weighted by Crippen LogP contribution is 2.24. The largest absolute Gasteiger partial charge is 0.459 e. The second kappa shape index (κ2) is 10.2. The number of furan rings is 1. The quantitative estimate of drug-likeness (QED) is 0.492. The lowest BCUT2D eigenvalue weighted by Crippen LogP contribution is -2.46. The van der Waals surface area contributed by atoms with Crippen LogP contribution in [0.3, 0.4) is 0 Å². The molecule has 0 aliphatic heterocycles. The van der Waals surface area contributed by atoms with Crippen LogP contribution in [-0.4, -0.2) is 25.0 Å². The van der Waals surface area contributed by atoms with Crippen LogP contribution in [-0.2, 0) is 4.79 Å². The fourth-order valence-electron chi connectivity index (χ4n) is 2.75. The molecule has 1 atom stereocenters. The molecule has 0 unspecified atom stereocenters. The minimum atomic E-state index is -2.90. The van der Waals surface area contributed by atoms with Gasteiger partial charge in [-0.15, -0.1) is 0 Å². The first kappa shape index (κ1) is 21.0. The van der Waals surface area contributed by atoms with E-state index in [1.165, 1.54) is 24.5 Å². The van der Waals surface area contributed by atoms with Crippen LogP contribution < -0.4 is 20.9 Å². The van der Waals surface area contributed by atoms with Crippen molar-refractivity contribution >= 4 is 11.8 Å². The number of ether oxygens (including phenoxy) is 1. The number of hydrazine groups is 1. The van der Waals surface area contributed by atoms with Crippen molar-refractivity contribution in [3.05, 3.63) is 89.9 Å². The van der Waals surface area contributed by atoms with Gasteiger partial charge in [0.1, 0.15) is 5.75 Å². The van der Waals surface area contributed by atoms with E-state index in [1.807, 2.05) is 30.3 Å². The first-order valence-corrected chi connectivity index (χ1v) is 8.98. The molecule has 0 radical (unpaired) electrons. The van der Waals surface area contributed by atoms with Gasteiger partial charge in [0.05, 0.1) is 18.8 Å². The van der Waals surface area contributed by atoms with E-state index in [-0.39, 0.29) is 18.1 Å². The Kier molecular flexibility index (Phi) is 7.12. The molecule has 30 heavy (non-hydrogen) atoms. The van der Waals surface area contributed by atoms with Gasteiger partial charge in [-0.1, -0.05) is 42.5 Å². The van der Waals surface area contributed by atoms with Crippen LogP contribution in [0.15, 0.2) is 77.4 Å². The van der Waals surface area contributed by atoms with Crippen molar-refractivity contribution < 1.29 is 27.5 Å². The van der Waals surface area contributed by atoms with E-state index in [2.05, 4.69) is 20.9 Å². The topological polar surface area (TPSA) is 92.6 Å². The fourth-order valence-corrected chi connectivity index (χ4v) is 2.75. The summed E-state index contributed by atoms with van der Waals surface area (Å²) in [6.45, 7) is -3.02. The molecular weight excluding hydrogens is 396 g/mol. The monoisotopic (exact) mass is 415 g/mol. The van der Waals surface area contributed by atoms with Gasteiger partial charge in [0.2, 0.25) is 0 Å². The van der Waals surface area contributed by atoms with E-state index >= 15 is 0 Å². The molecule has 0 saturated heterocycles. The number of carbonyl (C=O) groups is 2. The highest BCUT2D eigenvalue weighted by molar-refractivity contribution is 5.93. The smallest absolute Gasteiger partial charge is 0.387 e. The van der Waals surface area contributed by atoms with Crippen LogP contribution >= 0.6 is 0 Å². The molecule has 9 heteroatoms. The summed E-state index contributed by atoms with van der Waals surface area (Å²) in [6.07, 6.45) is 1.35. The van der Waals surface area contributed by atoms with E-state index in [1.54, 1.807) is 18.2 Å². The first-order valence-electron chi connectivity index (χ1n) is 8.98. The summed E-state index contributed by atoms with van der Waals surface area (Å²) in [6, 6.07) is 18.1. The lowest BCUT2D eigenvalue weighted by Gasteiger charge is -2.20. The molecule has 0 aliphatic rings. The summed E-state index contributed by atoms with van der Waals surface area (Å²) >= 11 is 0. The van der Waals surface area contributed by atoms with Crippen molar-refractivity contribution in [2.24, 2.45) is 0 Å². The number of halogens is 2. The van der Waals surface area contributed by atoms with E-state index in [9.17, 15) is 18.4 Å². The van der Waals surface area contributed by atoms with E-state index in [0.29, 0.717) is 0 Å². The molecule has 2 aromatic carbocycles. The lowest BCUT2D eigenvalue weighted by atomic mass is 9.98. The number of rotatable bonds is 8. The molecule has 0 aliphatic carbocycles. The molecule has 2 amide bonds. The zero-order valence-electron chi connectivity index (χ0n) is 15.7. The van der Waals surface area contributed by atoms with Crippen molar-refractivity contribution in [2.45, 2.75) is 12.7 Å². The Morgan fingerprint density at radius 2 is 1.60 bits per heavy atom. The highest BCUT2D eigenvalue weighted by Gasteiger charge is 2.16. The van der Waals surface area contributed by atoms with Crippen molar-refractivity contribution in [1.82, 2.24) is 16.2 Å². The number of hydrogen-bond acceptors (Lipinski definition) is 5. The van der Waals surface area contributed by atoms with Gasteiger partial charge >= 0.3 is 12.5 Å². The van der Waals surface area contributed by atoms with E-state index < -0.39 is 24.5 Å². The predicted molar refractivity (Wildman–Crippen MR) is 104 cm³/mol. The molecule has 0 bridgehead atoms. The van der Waals surface area contributed by atoms with Gasteiger partial charge in [-0.25, -0.2) is 0 Å². The molecule has 3 N–H and O–H groups in total. The maximum atomic E-state index is 12.4. The molecule has 7 nitrogen and oxygen atoms in total. The summed E-state index contributed by atoms with van der Waals surface area (Å²) in [5, 5.41) is 3.10. The van der Waals surface area contributed by atoms with Gasteiger partial charge in [-0.3, -0.25) is 25.8 Å². The van der Waals surface area contributed by atoms with Crippen LogP contribution in [0.1, 0.15) is 27.7 Å². The first-order chi connectivity index (χ1) is 14.5. The third-order valence-corrected chi connectivity index (χ3v) is 4.10. The van der Waals surface area contributed by atoms with Crippen LogP contribution in [0.5, 0.6) is 5.75 Å². The van der Waals surface area contributed by atoms with Crippen molar-refractivity contribution in [3.63, 3.8) is 0 Å². The zero-order chi connectivity index (χ0) is 21.3. The molecule has 3 aromatic rings. The van der Waals surface area contributed by atoms with Gasteiger partial charge < -0.3 is 9.15 Å². The summed E-state index contributed by atoms with van der Waals surface area (Å²) in [4.78, 5) is 23.9. The minimum absolute atomic E-state index is 0.0407. The lowest BCUT2D eigenvalue weighted by molar-refractivity contribution is -0.121. The zero-order valence-corrected chi connectivity index (χ0v) is 15.7.